The Morgan fingerprint density at radius 3 is 2.72 bits per heavy atom. The van der Waals surface area contributed by atoms with Crippen LogP contribution in [0.3, 0.4) is 0 Å². The first-order chi connectivity index (χ1) is 14.0. The van der Waals surface area contributed by atoms with E-state index in [1.165, 1.54) is 30.0 Å². The fourth-order valence-corrected chi connectivity index (χ4v) is 4.31. The molecule has 1 aliphatic rings. The summed E-state index contributed by atoms with van der Waals surface area (Å²) in [5.74, 6) is 0.603. The van der Waals surface area contributed by atoms with Gasteiger partial charge >= 0.3 is 0 Å². The van der Waals surface area contributed by atoms with Crippen LogP contribution in [-0.4, -0.2) is 33.1 Å². The van der Waals surface area contributed by atoms with Gasteiger partial charge in [0.1, 0.15) is 22.6 Å². The van der Waals surface area contributed by atoms with Crippen LogP contribution in [0.25, 0.3) is 0 Å². The lowest BCUT2D eigenvalue weighted by molar-refractivity contribution is -0.116. The topological polar surface area (TPSA) is 81.1 Å². The van der Waals surface area contributed by atoms with Crippen molar-refractivity contribution < 1.29 is 13.9 Å². The number of hydrogen-bond acceptors (Lipinski definition) is 6. The molecule has 2 heterocycles. The first-order valence-electron chi connectivity index (χ1n) is 8.71. The van der Waals surface area contributed by atoms with Crippen LogP contribution in [0.5, 0.6) is 5.75 Å². The molecule has 3 aromatic rings. The van der Waals surface area contributed by atoms with Crippen molar-refractivity contribution in [2.75, 3.05) is 17.9 Å². The third kappa shape index (κ3) is 3.88. The van der Waals surface area contributed by atoms with E-state index >= 15 is 0 Å². The summed E-state index contributed by atoms with van der Waals surface area (Å²) in [7, 11) is 1.60. The maximum absolute atomic E-state index is 13.4. The minimum absolute atomic E-state index is 0.0562. The average Bonchev–Trinajstić information content (AvgIpc) is 3.10. The number of fused-ring (bicyclic) bond motifs is 1. The Bertz CT molecular complexity index is 1060. The lowest BCUT2D eigenvalue weighted by atomic mass is 10.0. The quantitative estimate of drug-likeness (QED) is 0.651. The van der Waals surface area contributed by atoms with Gasteiger partial charge in [-0.3, -0.25) is 4.79 Å². The lowest BCUT2D eigenvalue weighted by Crippen LogP contribution is -2.41. The lowest BCUT2D eigenvalue weighted by Gasteiger charge is -2.32. The number of nitrogens with one attached hydrogen (secondary N) is 2. The number of halogens is 2. The van der Waals surface area contributed by atoms with E-state index in [2.05, 4.69) is 20.9 Å². The fourth-order valence-electron chi connectivity index (χ4n) is 3.01. The molecule has 1 amide bonds. The van der Waals surface area contributed by atoms with E-state index < -0.39 is 11.1 Å². The standard InChI is InChI=1S/C19H17ClFN5O2S/c1-10-23-24-19-26(10)25-16(11-3-6-13(28-2)7-4-11)17(29-19)18(27)22-12-5-8-15(21)14(20)9-12/h3-9,16-17,25H,1-2H3,(H,22,27)/t16-,17-/m1/s1. The molecule has 0 spiro atoms. The average molecular weight is 434 g/mol. The molecule has 0 fully saturated rings. The summed E-state index contributed by atoms with van der Waals surface area (Å²) in [6, 6.07) is 11.2. The zero-order chi connectivity index (χ0) is 20.5. The molecule has 2 aromatic carbocycles. The van der Waals surface area contributed by atoms with Crippen LogP contribution in [0.15, 0.2) is 47.6 Å². The Hall–Kier alpha value is -2.78. The fraction of sp³-hybridized carbons (Fsp3) is 0.211. The van der Waals surface area contributed by atoms with Gasteiger partial charge in [-0.15, -0.1) is 10.2 Å². The molecule has 0 saturated carbocycles. The number of aromatic nitrogens is 3. The number of aryl methyl sites for hydroxylation is 1. The van der Waals surface area contributed by atoms with Gasteiger partial charge in [0.15, 0.2) is 0 Å². The van der Waals surface area contributed by atoms with Gasteiger partial charge < -0.3 is 15.5 Å². The summed E-state index contributed by atoms with van der Waals surface area (Å²) in [5, 5.41) is 11.0. The molecule has 0 unspecified atom stereocenters. The van der Waals surface area contributed by atoms with Gasteiger partial charge in [-0.05, 0) is 42.8 Å². The third-order valence-corrected chi connectivity index (χ3v) is 6.02. The van der Waals surface area contributed by atoms with E-state index in [1.807, 2.05) is 31.2 Å². The number of thioether (sulfide) groups is 1. The molecule has 0 aliphatic carbocycles. The van der Waals surface area contributed by atoms with Crippen LogP contribution in [0, 0.1) is 12.7 Å². The SMILES string of the molecule is COc1ccc([C@H]2Nn3c(C)nnc3S[C@H]2C(=O)Nc2ccc(F)c(Cl)c2)cc1. The van der Waals surface area contributed by atoms with Crippen LogP contribution in [-0.2, 0) is 4.79 Å². The minimum Gasteiger partial charge on any atom is -0.497 e. The number of ether oxygens (including phenoxy) is 1. The molecule has 10 heteroatoms. The summed E-state index contributed by atoms with van der Waals surface area (Å²) < 4.78 is 20.4. The van der Waals surface area contributed by atoms with Gasteiger partial charge in [-0.25, -0.2) is 9.07 Å². The second-order valence-corrected chi connectivity index (χ2v) is 7.92. The normalized spacial score (nSPS) is 17.9. The van der Waals surface area contributed by atoms with Crippen LogP contribution in [0.2, 0.25) is 5.02 Å². The van der Waals surface area contributed by atoms with E-state index in [4.69, 9.17) is 16.3 Å². The number of hydrogen-bond donors (Lipinski definition) is 2. The summed E-state index contributed by atoms with van der Waals surface area (Å²) in [6.45, 7) is 1.83. The molecular weight excluding hydrogens is 417 g/mol. The molecular formula is C19H17ClFN5O2S. The molecule has 0 saturated heterocycles. The maximum Gasteiger partial charge on any atom is 0.240 e. The van der Waals surface area contributed by atoms with E-state index in [0.29, 0.717) is 16.7 Å². The number of methoxy groups -OCH3 is 1. The van der Waals surface area contributed by atoms with Crippen molar-refractivity contribution >= 4 is 35.0 Å². The molecule has 29 heavy (non-hydrogen) atoms. The number of carbonyl (C=O) groups is 1. The second kappa shape index (κ2) is 7.92. The number of carbonyl (C=O) groups excluding carboxylic acids is 1. The highest BCUT2D eigenvalue weighted by Gasteiger charge is 2.37. The second-order valence-electron chi connectivity index (χ2n) is 6.40. The van der Waals surface area contributed by atoms with Crippen molar-refractivity contribution in [3.63, 3.8) is 0 Å². The van der Waals surface area contributed by atoms with Crippen molar-refractivity contribution in [3.05, 3.63) is 64.7 Å². The van der Waals surface area contributed by atoms with Crippen molar-refractivity contribution in [3.8, 4) is 5.75 Å². The molecule has 0 bridgehead atoms. The largest absolute Gasteiger partial charge is 0.497 e. The van der Waals surface area contributed by atoms with Crippen LogP contribution in [0.1, 0.15) is 17.4 Å². The third-order valence-electron chi connectivity index (χ3n) is 4.52. The van der Waals surface area contributed by atoms with Crippen molar-refractivity contribution in [2.45, 2.75) is 23.4 Å². The Kier molecular flexibility index (Phi) is 5.33. The Labute approximate surface area is 175 Å². The van der Waals surface area contributed by atoms with Crippen molar-refractivity contribution in [1.29, 1.82) is 0 Å². The maximum atomic E-state index is 13.4. The van der Waals surface area contributed by atoms with Crippen LogP contribution in [0.4, 0.5) is 10.1 Å². The number of benzene rings is 2. The molecule has 7 nitrogen and oxygen atoms in total. The summed E-state index contributed by atoms with van der Waals surface area (Å²) in [4.78, 5) is 13.1. The first kappa shape index (κ1) is 19.5. The molecule has 2 atom stereocenters. The Morgan fingerprint density at radius 2 is 2.03 bits per heavy atom. The van der Waals surface area contributed by atoms with Crippen molar-refractivity contribution in [1.82, 2.24) is 14.9 Å². The molecule has 150 valence electrons. The monoisotopic (exact) mass is 433 g/mol. The predicted octanol–water partition coefficient (Wildman–Crippen LogP) is 3.79. The van der Waals surface area contributed by atoms with Gasteiger partial charge in [-0.2, -0.15) is 0 Å². The van der Waals surface area contributed by atoms with E-state index in [0.717, 1.165) is 11.3 Å². The summed E-state index contributed by atoms with van der Waals surface area (Å²) >= 11 is 7.13. The van der Waals surface area contributed by atoms with Gasteiger partial charge in [0, 0.05) is 5.69 Å². The molecule has 1 aromatic heterocycles. The number of nitrogens with zero attached hydrogens (tertiary/aromatic N) is 3. The highest BCUT2D eigenvalue weighted by Crippen LogP contribution is 2.38. The van der Waals surface area contributed by atoms with Gasteiger partial charge in [-0.1, -0.05) is 35.5 Å². The van der Waals surface area contributed by atoms with Crippen molar-refractivity contribution in [2.24, 2.45) is 0 Å². The van der Waals surface area contributed by atoms with Gasteiger partial charge in [0.05, 0.1) is 18.2 Å². The highest BCUT2D eigenvalue weighted by molar-refractivity contribution is 8.00. The first-order valence-corrected chi connectivity index (χ1v) is 9.97. The van der Waals surface area contributed by atoms with Crippen LogP contribution >= 0.6 is 23.4 Å². The predicted molar refractivity (Wildman–Crippen MR) is 110 cm³/mol. The number of amides is 1. The highest BCUT2D eigenvalue weighted by atomic mass is 35.5. The molecule has 4 rings (SSSR count). The zero-order valence-electron chi connectivity index (χ0n) is 15.5. The molecule has 1 aliphatic heterocycles. The molecule has 2 N–H and O–H groups in total. The molecule has 0 radical (unpaired) electrons. The number of rotatable bonds is 4. The summed E-state index contributed by atoms with van der Waals surface area (Å²) in [6.07, 6.45) is 0. The van der Waals surface area contributed by atoms with E-state index in [9.17, 15) is 9.18 Å². The minimum atomic E-state index is -0.552. The van der Waals surface area contributed by atoms with Crippen LogP contribution < -0.4 is 15.5 Å². The Morgan fingerprint density at radius 1 is 1.28 bits per heavy atom. The smallest absolute Gasteiger partial charge is 0.240 e. The van der Waals surface area contributed by atoms with E-state index in [1.54, 1.807) is 11.8 Å². The Balaban J connectivity index is 1.65. The van der Waals surface area contributed by atoms with Gasteiger partial charge in [0.2, 0.25) is 11.1 Å². The van der Waals surface area contributed by atoms with E-state index in [-0.39, 0.29) is 17.0 Å². The van der Waals surface area contributed by atoms with Gasteiger partial charge in [0.25, 0.3) is 0 Å². The zero-order valence-corrected chi connectivity index (χ0v) is 17.1. The number of anilines is 1. The summed E-state index contributed by atoms with van der Waals surface area (Å²) in [5.41, 5.74) is 4.63.